The zero-order chi connectivity index (χ0) is 14.1. The van der Waals surface area contributed by atoms with Gasteiger partial charge in [-0.3, -0.25) is 0 Å². The van der Waals surface area contributed by atoms with Gasteiger partial charge in [0.15, 0.2) is 0 Å². The van der Waals surface area contributed by atoms with Gasteiger partial charge in [-0.25, -0.2) is 9.97 Å². The smallest absolute Gasteiger partial charge is 0.138 e. The molecule has 0 amide bonds. The highest BCUT2D eigenvalue weighted by atomic mass is 32.1. The molecule has 0 aliphatic carbocycles. The lowest BCUT2D eigenvalue weighted by Gasteiger charge is -2.16. The van der Waals surface area contributed by atoms with E-state index in [-0.39, 0.29) is 6.04 Å². The van der Waals surface area contributed by atoms with Gasteiger partial charge < -0.3 is 5.32 Å². The average molecular weight is 283 g/mol. The Hall–Kier alpha value is -1.94. The van der Waals surface area contributed by atoms with Crippen molar-refractivity contribution in [1.82, 2.24) is 9.97 Å². The normalized spacial score (nSPS) is 12.6. The minimum atomic E-state index is 0.216. The highest BCUT2D eigenvalue weighted by Crippen LogP contribution is 2.30. The van der Waals surface area contributed by atoms with Crippen molar-refractivity contribution < 1.29 is 0 Å². The number of aryl methyl sites for hydroxylation is 2. The van der Waals surface area contributed by atoms with Crippen molar-refractivity contribution in [2.24, 2.45) is 0 Å². The molecular formula is C16H17N3S. The summed E-state index contributed by atoms with van der Waals surface area (Å²) in [4.78, 5) is 9.77. The van der Waals surface area contributed by atoms with Gasteiger partial charge in [0.1, 0.15) is 17.0 Å². The fraction of sp³-hybridized carbons (Fsp3) is 0.250. The number of aromatic nitrogens is 2. The lowest BCUT2D eigenvalue weighted by Crippen LogP contribution is -2.08. The first-order valence-electron chi connectivity index (χ1n) is 6.67. The van der Waals surface area contributed by atoms with Gasteiger partial charge in [-0.15, -0.1) is 11.3 Å². The van der Waals surface area contributed by atoms with Crippen LogP contribution in [-0.2, 0) is 0 Å². The summed E-state index contributed by atoms with van der Waals surface area (Å²) in [7, 11) is 0. The zero-order valence-corrected chi connectivity index (χ0v) is 12.7. The van der Waals surface area contributed by atoms with Crippen LogP contribution in [0.5, 0.6) is 0 Å². The standard InChI is InChI=1S/C16H17N3S/c1-10-4-6-13(7-5-10)12(3)19-15-14-11(2)8-20-16(14)18-9-17-15/h4-9,12H,1-3H3,(H,17,18,19)/t12-/m1/s1. The van der Waals surface area contributed by atoms with E-state index in [4.69, 9.17) is 0 Å². The maximum Gasteiger partial charge on any atom is 0.138 e. The molecule has 0 saturated carbocycles. The Bertz CT molecular complexity index is 731. The molecule has 0 fully saturated rings. The highest BCUT2D eigenvalue weighted by Gasteiger charge is 2.12. The third kappa shape index (κ3) is 2.39. The Kier molecular flexibility index (Phi) is 3.40. The second kappa shape index (κ2) is 5.21. The number of thiophene rings is 1. The molecule has 20 heavy (non-hydrogen) atoms. The van der Waals surface area contributed by atoms with Crippen molar-refractivity contribution in [2.45, 2.75) is 26.8 Å². The van der Waals surface area contributed by atoms with Crippen LogP contribution >= 0.6 is 11.3 Å². The fourth-order valence-corrected chi connectivity index (χ4v) is 3.16. The molecule has 0 radical (unpaired) electrons. The van der Waals surface area contributed by atoms with Gasteiger partial charge in [-0.05, 0) is 37.3 Å². The van der Waals surface area contributed by atoms with Gasteiger partial charge in [-0.2, -0.15) is 0 Å². The Morgan fingerprint density at radius 1 is 1.10 bits per heavy atom. The van der Waals surface area contributed by atoms with Crippen molar-refractivity contribution in [2.75, 3.05) is 5.32 Å². The lowest BCUT2D eigenvalue weighted by atomic mass is 10.1. The predicted molar refractivity (Wildman–Crippen MR) is 85.4 cm³/mol. The number of rotatable bonds is 3. The van der Waals surface area contributed by atoms with E-state index >= 15 is 0 Å². The summed E-state index contributed by atoms with van der Waals surface area (Å²) in [5, 5.41) is 6.76. The van der Waals surface area contributed by atoms with Crippen LogP contribution in [0.1, 0.15) is 29.7 Å². The van der Waals surface area contributed by atoms with E-state index in [9.17, 15) is 0 Å². The molecule has 3 nitrogen and oxygen atoms in total. The van der Waals surface area contributed by atoms with Crippen LogP contribution in [0.25, 0.3) is 10.2 Å². The molecule has 0 aliphatic heterocycles. The van der Waals surface area contributed by atoms with E-state index in [0.717, 1.165) is 16.0 Å². The largest absolute Gasteiger partial charge is 0.363 e. The van der Waals surface area contributed by atoms with Gasteiger partial charge in [0.05, 0.1) is 5.39 Å². The van der Waals surface area contributed by atoms with Crippen LogP contribution in [0.4, 0.5) is 5.82 Å². The first-order chi connectivity index (χ1) is 9.65. The van der Waals surface area contributed by atoms with E-state index < -0.39 is 0 Å². The number of hydrogen-bond acceptors (Lipinski definition) is 4. The number of nitrogens with one attached hydrogen (secondary N) is 1. The van der Waals surface area contributed by atoms with E-state index in [0.29, 0.717) is 0 Å². The van der Waals surface area contributed by atoms with Crippen LogP contribution in [0.15, 0.2) is 36.0 Å². The fourth-order valence-electron chi connectivity index (χ4n) is 2.27. The highest BCUT2D eigenvalue weighted by molar-refractivity contribution is 7.17. The van der Waals surface area contributed by atoms with Crippen molar-refractivity contribution in [3.8, 4) is 0 Å². The minimum absolute atomic E-state index is 0.216. The van der Waals surface area contributed by atoms with Gasteiger partial charge >= 0.3 is 0 Å². The molecule has 0 unspecified atom stereocenters. The monoisotopic (exact) mass is 283 g/mol. The lowest BCUT2D eigenvalue weighted by molar-refractivity contribution is 0.875. The van der Waals surface area contributed by atoms with E-state index in [1.54, 1.807) is 17.7 Å². The number of fused-ring (bicyclic) bond motifs is 1. The first-order valence-corrected chi connectivity index (χ1v) is 7.55. The maximum atomic E-state index is 4.41. The molecule has 3 rings (SSSR count). The topological polar surface area (TPSA) is 37.8 Å². The molecule has 0 bridgehead atoms. The third-order valence-corrected chi connectivity index (χ3v) is 4.49. The van der Waals surface area contributed by atoms with Crippen LogP contribution in [0.2, 0.25) is 0 Å². The number of hydrogen-bond donors (Lipinski definition) is 1. The number of anilines is 1. The first kappa shape index (κ1) is 13.1. The van der Waals surface area contributed by atoms with Crippen molar-refractivity contribution in [3.05, 3.63) is 52.7 Å². The summed E-state index contributed by atoms with van der Waals surface area (Å²) in [6.07, 6.45) is 1.63. The molecule has 1 N–H and O–H groups in total. The summed E-state index contributed by atoms with van der Waals surface area (Å²) in [5.41, 5.74) is 3.76. The Morgan fingerprint density at radius 2 is 1.85 bits per heavy atom. The van der Waals surface area contributed by atoms with Crippen LogP contribution in [-0.4, -0.2) is 9.97 Å². The minimum Gasteiger partial charge on any atom is -0.363 e. The third-order valence-electron chi connectivity index (χ3n) is 3.48. The van der Waals surface area contributed by atoms with Crippen LogP contribution in [0, 0.1) is 13.8 Å². The van der Waals surface area contributed by atoms with Crippen LogP contribution < -0.4 is 5.32 Å². The van der Waals surface area contributed by atoms with Gasteiger partial charge in [0.2, 0.25) is 0 Å². The summed E-state index contributed by atoms with van der Waals surface area (Å²) < 4.78 is 0. The van der Waals surface area contributed by atoms with Crippen molar-refractivity contribution >= 4 is 27.4 Å². The second-order valence-electron chi connectivity index (χ2n) is 5.10. The Balaban J connectivity index is 1.93. The Morgan fingerprint density at radius 3 is 2.60 bits per heavy atom. The van der Waals surface area contributed by atoms with E-state index in [1.165, 1.54) is 16.7 Å². The second-order valence-corrected chi connectivity index (χ2v) is 5.96. The molecule has 0 aliphatic rings. The summed E-state index contributed by atoms with van der Waals surface area (Å²) >= 11 is 1.66. The molecule has 2 aromatic heterocycles. The predicted octanol–water partition coefficient (Wildman–Crippen LogP) is 4.48. The molecule has 1 atom stereocenters. The van der Waals surface area contributed by atoms with Gasteiger partial charge in [-0.1, -0.05) is 29.8 Å². The van der Waals surface area contributed by atoms with Gasteiger partial charge in [0.25, 0.3) is 0 Å². The summed E-state index contributed by atoms with van der Waals surface area (Å²) in [6.45, 7) is 6.36. The van der Waals surface area contributed by atoms with Crippen LogP contribution in [0.3, 0.4) is 0 Å². The quantitative estimate of drug-likeness (QED) is 0.770. The average Bonchev–Trinajstić information content (AvgIpc) is 2.82. The molecule has 0 spiro atoms. The molecule has 4 heteroatoms. The van der Waals surface area contributed by atoms with Crippen molar-refractivity contribution in [3.63, 3.8) is 0 Å². The van der Waals surface area contributed by atoms with E-state index in [1.807, 2.05) is 0 Å². The molecule has 3 aromatic rings. The molecule has 102 valence electrons. The maximum absolute atomic E-state index is 4.41. The summed E-state index contributed by atoms with van der Waals surface area (Å²) in [5.74, 6) is 0.918. The number of benzene rings is 1. The Labute approximate surface area is 122 Å². The van der Waals surface area contributed by atoms with E-state index in [2.05, 4.69) is 65.7 Å². The molecular weight excluding hydrogens is 266 g/mol. The summed E-state index contributed by atoms with van der Waals surface area (Å²) in [6, 6.07) is 8.81. The SMILES string of the molecule is Cc1ccc([C@@H](C)Nc2ncnc3scc(C)c23)cc1. The zero-order valence-electron chi connectivity index (χ0n) is 11.8. The van der Waals surface area contributed by atoms with Crippen molar-refractivity contribution in [1.29, 1.82) is 0 Å². The number of nitrogens with zero attached hydrogens (tertiary/aromatic N) is 2. The molecule has 2 heterocycles. The molecule has 0 saturated heterocycles. The molecule has 1 aromatic carbocycles. The van der Waals surface area contributed by atoms with Gasteiger partial charge in [0, 0.05) is 6.04 Å².